The molecule has 0 aliphatic carbocycles. The zero-order chi connectivity index (χ0) is 11.8. The Balaban J connectivity index is 2.43. The Labute approximate surface area is 99.8 Å². The first-order valence-electron chi connectivity index (χ1n) is 4.97. The Kier molecular flexibility index (Phi) is 5.19. The Bertz CT molecular complexity index is 432. The van der Waals surface area contributed by atoms with Gasteiger partial charge in [-0.25, -0.2) is 0 Å². The summed E-state index contributed by atoms with van der Waals surface area (Å²) < 4.78 is 5.43. The summed E-state index contributed by atoms with van der Waals surface area (Å²) in [5.74, 6) is 0.581. The fourth-order valence-electron chi connectivity index (χ4n) is 1.18. The van der Waals surface area contributed by atoms with Crippen LogP contribution in [-0.4, -0.2) is 6.61 Å². The number of nitrogens with zero attached hydrogens (tertiary/aromatic N) is 2. The molecule has 1 aromatic rings. The molecule has 3 nitrogen and oxygen atoms in total. The molecule has 0 unspecified atom stereocenters. The van der Waals surface area contributed by atoms with Gasteiger partial charge in [0.05, 0.1) is 29.3 Å². The molecule has 0 saturated heterocycles. The predicted molar refractivity (Wildman–Crippen MR) is 61.1 cm³/mol. The standard InChI is InChI=1S/C12H11ClN2O/c13-11-8-10(9-15)4-5-12(11)16-7-3-1-2-6-14/h4-5,8H,1-3,7H2. The number of hydrogen-bond donors (Lipinski definition) is 0. The molecule has 0 spiro atoms. The second kappa shape index (κ2) is 6.71. The molecule has 1 rings (SSSR count). The molecule has 82 valence electrons. The van der Waals surface area contributed by atoms with Crippen molar-refractivity contribution in [2.24, 2.45) is 0 Å². The van der Waals surface area contributed by atoms with Gasteiger partial charge >= 0.3 is 0 Å². The molecule has 0 aromatic heterocycles. The topological polar surface area (TPSA) is 56.8 Å². The molecule has 4 heteroatoms. The van der Waals surface area contributed by atoms with Gasteiger partial charge in [-0.1, -0.05) is 11.6 Å². The van der Waals surface area contributed by atoms with E-state index < -0.39 is 0 Å². The van der Waals surface area contributed by atoms with Crippen molar-refractivity contribution in [2.75, 3.05) is 6.61 Å². The average Bonchev–Trinajstić information content (AvgIpc) is 2.30. The highest BCUT2D eigenvalue weighted by Gasteiger charge is 2.02. The van der Waals surface area contributed by atoms with E-state index in [1.807, 2.05) is 6.07 Å². The maximum absolute atomic E-state index is 8.65. The third kappa shape index (κ3) is 3.81. The second-order valence-corrected chi connectivity index (χ2v) is 3.63. The van der Waals surface area contributed by atoms with E-state index in [9.17, 15) is 0 Å². The van der Waals surface area contributed by atoms with E-state index in [2.05, 4.69) is 6.07 Å². The Morgan fingerprint density at radius 2 is 2.06 bits per heavy atom. The van der Waals surface area contributed by atoms with Crippen LogP contribution in [0.2, 0.25) is 5.02 Å². The quantitative estimate of drug-likeness (QED) is 0.735. The van der Waals surface area contributed by atoms with Crippen molar-refractivity contribution in [2.45, 2.75) is 19.3 Å². The molecule has 0 saturated carbocycles. The van der Waals surface area contributed by atoms with Gasteiger partial charge in [-0.05, 0) is 31.0 Å². The molecule has 0 aliphatic rings. The molecule has 0 heterocycles. The van der Waals surface area contributed by atoms with Crippen molar-refractivity contribution in [1.29, 1.82) is 10.5 Å². The molecule has 0 radical (unpaired) electrons. The largest absolute Gasteiger partial charge is 0.492 e. The van der Waals surface area contributed by atoms with Gasteiger partial charge in [0, 0.05) is 6.42 Å². The number of rotatable bonds is 5. The summed E-state index contributed by atoms with van der Waals surface area (Å²) >= 11 is 5.92. The van der Waals surface area contributed by atoms with Gasteiger partial charge in [-0.3, -0.25) is 0 Å². The number of halogens is 1. The van der Waals surface area contributed by atoms with Crippen LogP contribution < -0.4 is 4.74 Å². The van der Waals surface area contributed by atoms with E-state index in [0.29, 0.717) is 29.4 Å². The van der Waals surface area contributed by atoms with Gasteiger partial charge < -0.3 is 4.74 Å². The number of benzene rings is 1. The first-order chi connectivity index (χ1) is 7.77. The smallest absolute Gasteiger partial charge is 0.137 e. The van der Waals surface area contributed by atoms with E-state index in [0.717, 1.165) is 12.8 Å². The summed E-state index contributed by atoms with van der Waals surface area (Å²) in [6.45, 7) is 0.535. The van der Waals surface area contributed by atoms with Gasteiger partial charge in [0.1, 0.15) is 5.75 Å². The van der Waals surface area contributed by atoms with Gasteiger partial charge in [0.2, 0.25) is 0 Å². The summed E-state index contributed by atoms with van der Waals surface area (Å²) in [6.07, 6.45) is 2.19. The SMILES string of the molecule is N#CCCCCOc1ccc(C#N)cc1Cl. The summed E-state index contributed by atoms with van der Waals surface area (Å²) in [5.41, 5.74) is 0.516. The van der Waals surface area contributed by atoms with E-state index in [-0.39, 0.29) is 0 Å². The Morgan fingerprint density at radius 3 is 2.69 bits per heavy atom. The molecule has 0 fully saturated rings. The first-order valence-corrected chi connectivity index (χ1v) is 5.35. The minimum absolute atomic E-state index is 0.444. The van der Waals surface area contributed by atoms with Gasteiger partial charge in [0.25, 0.3) is 0 Å². The number of unbranched alkanes of at least 4 members (excludes halogenated alkanes) is 2. The van der Waals surface area contributed by atoms with Gasteiger partial charge in [0.15, 0.2) is 0 Å². The van der Waals surface area contributed by atoms with Crippen LogP contribution in [0.3, 0.4) is 0 Å². The van der Waals surface area contributed by atoms with Crippen molar-refractivity contribution in [3.05, 3.63) is 28.8 Å². The van der Waals surface area contributed by atoms with E-state index in [1.165, 1.54) is 0 Å². The number of nitriles is 2. The zero-order valence-electron chi connectivity index (χ0n) is 8.74. The molecular weight excluding hydrogens is 224 g/mol. The average molecular weight is 235 g/mol. The predicted octanol–water partition coefficient (Wildman–Crippen LogP) is 3.28. The summed E-state index contributed by atoms with van der Waals surface area (Å²) in [7, 11) is 0. The lowest BCUT2D eigenvalue weighted by Gasteiger charge is -2.07. The minimum atomic E-state index is 0.444. The van der Waals surface area contributed by atoms with Crippen LogP contribution in [0, 0.1) is 22.7 Å². The fraction of sp³-hybridized carbons (Fsp3) is 0.333. The third-order valence-electron chi connectivity index (χ3n) is 2.00. The van der Waals surface area contributed by atoms with Crippen LogP contribution in [-0.2, 0) is 0 Å². The number of ether oxygens (including phenoxy) is 1. The number of hydrogen-bond acceptors (Lipinski definition) is 3. The van der Waals surface area contributed by atoms with Crippen LogP contribution >= 0.6 is 11.6 Å². The lowest BCUT2D eigenvalue weighted by molar-refractivity contribution is 0.308. The van der Waals surface area contributed by atoms with Crippen molar-refractivity contribution in [1.82, 2.24) is 0 Å². The maximum atomic E-state index is 8.65. The van der Waals surface area contributed by atoms with Crippen LogP contribution in [0.15, 0.2) is 18.2 Å². The highest BCUT2D eigenvalue weighted by atomic mass is 35.5. The third-order valence-corrected chi connectivity index (χ3v) is 2.30. The van der Waals surface area contributed by atoms with Crippen molar-refractivity contribution < 1.29 is 4.74 Å². The molecule has 0 bridgehead atoms. The van der Waals surface area contributed by atoms with E-state index in [1.54, 1.807) is 18.2 Å². The molecule has 0 atom stereocenters. The summed E-state index contributed by atoms with van der Waals surface area (Å²) in [5, 5.41) is 17.4. The molecule has 1 aromatic carbocycles. The summed E-state index contributed by atoms with van der Waals surface area (Å²) in [6, 6.07) is 9.00. The molecule has 0 N–H and O–H groups in total. The molecule has 0 amide bonds. The van der Waals surface area contributed by atoms with E-state index in [4.69, 9.17) is 26.9 Å². The lowest BCUT2D eigenvalue weighted by Crippen LogP contribution is -1.97. The van der Waals surface area contributed by atoms with Gasteiger partial charge in [-0.2, -0.15) is 10.5 Å². The van der Waals surface area contributed by atoms with E-state index >= 15 is 0 Å². The zero-order valence-corrected chi connectivity index (χ0v) is 9.50. The molecular formula is C12H11ClN2O. The van der Waals surface area contributed by atoms with Crippen LogP contribution in [0.5, 0.6) is 5.75 Å². The van der Waals surface area contributed by atoms with Crippen molar-refractivity contribution in [3.8, 4) is 17.9 Å². The highest BCUT2D eigenvalue weighted by molar-refractivity contribution is 6.32. The summed E-state index contributed by atoms with van der Waals surface area (Å²) in [4.78, 5) is 0. The van der Waals surface area contributed by atoms with Crippen molar-refractivity contribution in [3.63, 3.8) is 0 Å². The maximum Gasteiger partial charge on any atom is 0.137 e. The second-order valence-electron chi connectivity index (χ2n) is 3.22. The Hall–Kier alpha value is -1.71. The lowest BCUT2D eigenvalue weighted by atomic mass is 10.2. The van der Waals surface area contributed by atoms with Crippen LogP contribution in [0.4, 0.5) is 0 Å². The normalized spacial score (nSPS) is 9.19. The fourth-order valence-corrected chi connectivity index (χ4v) is 1.41. The monoisotopic (exact) mass is 234 g/mol. The van der Waals surface area contributed by atoms with Crippen molar-refractivity contribution >= 4 is 11.6 Å². The van der Waals surface area contributed by atoms with Crippen LogP contribution in [0.1, 0.15) is 24.8 Å². The molecule has 0 aliphatic heterocycles. The first kappa shape index (κ1) is 12.4. The highest BCUT2D eigenvalue weighted by Crippen LogP contribution is 2.25. The van der Waals surface area contributed by atoms with Crippen LogP contribution in [0.25, 0.3) is 0 Å². The van der Waals surface area contributed by atoms with Gasteiger partial charge in [-0.15, -0.1) is 0 Å². The molecule has 16 heavy (non-hydrogen) atoms. The minimum Gasteiger partial charge on any atom is -0.492 e. The Morgan fingerprint density at radius 1 is 1.25 bits per heavy atom.